The Labute approximate surface area is 160 Å². The summed E-state index contributed by atoms with van der Waals surface area (Å²) in [7, 11) is 0. The molecule has 1 aromatic heterocycles. The van der Waals surface area contributed by atoms with Crippen LogP contribution in [0.4, 0.5) is 4.79 Å². The Morgan fingerprint density at radius 2 is 1.85 bits per heavy atom. The molecule has 0 saturated carbocycles. The molecule has 146 valence electrons. The van der Waals surface area contributed by atoms with Gasteiger partial charge in [0.2, 0.25) is 0 Å². The molecule has 0 spiro atoms. The average Bonchev–Trinajstić information content (AvgIpc) is 3.03. The van der Waals surface area contributed by atoms with Crippen LogP contribution in [0.1, 0.15) is 37.6 Å². The second-order valence-corrected chi connectivity index (χ2v) is 8.11. The first-order valence-corrected chi connectivity index (χ1v) is 9.60. The maximum absolute atomic E-state index is 12.1. The fourth-order valence-electron chi connectivity index (χ4n) is 3.43. The van der Waals surface area contributed by atoms with Crippen LogP contribution in [0.15, 0.2) is 30.5 Å². The number of benzene rings is 1. The van der Waals surface area contributed by atoms with Gasteiger partial charge in [-0.15, -0.1) is 0 Å². The summed E-state index contributed by atoms with van der Waals surface area (Å²) in [5.74, 6) is 0. The number of hydrogen-bond donors (Lipinski definition) is 0. The first-order valence-electron chi connectivity index (χ1n) is 9.60. The molecular formula is C21H29N3O3. The Morgan fingerprint density at radius 3 is 2.52 bits per heavy atom. The lowest BCUT2D eigenvalue weighted by Crippen LogP contribution is -2.50. The van der Waals surface area contributed by atoms with Crippen LogP contribution < -0.4 is 0 Å². The predicted molar refractivity (Wildman–Crippen MR) is 106 cm³/mol. The van der Waals surface area contributed by atoms with Gasteiger partial charge in [0.25, 0.3) is 0 Å². The molecule has 6 heteroatoms. The van der Waals surface area contributed by atoms with Crippen molar-refractivity contribution in [3.63, 3.8) is 0 Å². The van der Waals surface area contributed by atoms with Crippen molar-refractivity contribution >= 4 is 23.3 Å². The fraction of sp³-hybridized carbons (Fsp3) is 0.524. The molecule has 0 unspecified atom stereocenters. The normalized spacial score (nSPS) is 15.9. The minimum Gasteiger partial charge on any atom is -0.444 e. The van der Waals surface area contributed by atoms with Crippen molar-refractivity contribution in [2.45, 2.75) is 39.3 Å². The number of nitrogens with zero attached hydrogens (tertiary/aromatic N) is 3. The Morgan fingerprint density at radius 1 is 1.11 bits per heavy atom. The number of ether oxygens (including phenoxy) is 1. The standard InChI is InChI=1S/C21H29N3O3/c1-21(2,3)27-20(26)24-13-11-22(12-14-24)8-4-9-23-10-7-18-15-17(16-25)5-6-19(18)23/h5-7,10,15-16H,4,8-9,11-14H2,1-3H3. The zero-order chi connectivity index (χ0) is 19.4. The van der Waals surface area contributed by atoms with E-state index in [2.05, 4.69) is 21.7 Å². The molecule has 0 radical (unpaired) electrons. The molecule has 0 bridgehead atoms. The average molecular weight is 371 g/mol. The SMILES string of the molecule is CC(C)(C)OC(=O)N1CCN(CCCn2ccc3cc(C=O)ccc32)CC1. The van der Waals surface area contributed by atoms with E-state index in [-0.39, 0.29) is 6.09 Å². The smallest absolute Gasteiger partial charge is 0.410 e. The van der Waals surface area contributed by atoms with Crippen LogP contribution >= 0.6 is 0 Å². The second kappa shape index (κ2) is 8.13. The number of carbonyl (C=O) groups is 2. The lowest BCUT2D eigenvalue weighted by molar-refractivity contribution is 0.0144. The number of aryl methyl sites for hydroxylation is 1. The van der Waals surface area contributed by atoms with Crippen LogP contribution in [0.3, 0.4) is 0 Å². The highest BCUT2D eigenvalue weighted by molar-refractivity contribution is 5.87. The molecule has 2 heterocycles. The third-order valence-electron chi connectivity index (χ3n) is 4.83. The molecule has 1 aromatic carbocycles. The molecule has 1 amide bonds. The lowest BCUT2D eigenvalue weighted by Gasteiger charge is -2.35. The Kier molecular flexibility index (Phi) is 5.85. The molecule has 1 fully saturated rings. The van der Waals surface area contributed by atoms with Crippen molar-refractivity contribution in [2.75, 3.05) is 32.7 Å². The van der Waals surface area contributed by atoms with E-state index in [0.717, 1.165) is 62.9 Å². The number of fused-ring (bicyclic) bond motifs is 1. The number of carbonyl (C=O) groups excluding carboxylic acids is 2. The topological polar surface area (TPSA) is 54.8 Å². The summed E-state index contributed by atoms with van der Waals surface area (Å²) in [5, 5.41) is 1.10. The molecule has 1 aliphatic rings. The van der Waals surface area contributed by atoms with Crippen molar-refractivity contribution in [1.82, 2.24) is 14.4 Å². The van der Waals surface area contributed by atoms with Crippen molar-refractivity contribution < 1.29 is 14.3 Å². The quantitative estimate of drug-likeness (QED) is 0.756. The fourth-order valence-corrected chi connectivity index (χ4v) is 3.43. The van der Waals surface area contributed by atoms with Crippen LogP contribution in [0.5, 0.6) is 0 Å². The monoisotopic (exact) mass is 371 g/mol. The summed E-state index contributed by atoms with van der Waals surface area (Å²) < 4.78 is 7.68. The van der Waals surface area contributed by atoms with Gasteiger partial charge in [0.15, 0.2) is 0 Å². The summed E-state index contributed by atoms with van der Waals surface area (Å²) in [4.78, 5) is 27.2. The van der Waals surface area contributed by atoms with E-state index in [1.165, 1.54) is 0 Å². The van der Waals surface area contributed by atoms with Crippen molar-refractivity contribution in [3.8, 4) is 0 Å². The van der Waals surface area contributed by atoms with Gasteiger partial charge >= 0.3 is 6.09 Å². The van der Waals surface area contributed by atoms with Gasteiger partial charge < -0.3 is 14.2 Å². The Hall–Kier alpha value is -2.34. The van der Waals surface area contributed by atoms with Crippen LogP contribution in [-0.4, -0.2) is 65.1 Å². The molecule has 0 aliphatic carbocycles. The van der Waals surface area contributed by atoms with Crippen LogP contribution in [-0.2, 0) is 11.3 Å². The van der Waals surface area contributed by atoms with Gasteiger partial charge in [-0.05, 0) is 58.0 Å². The Bertz CT molecular complexity index is 799. The van der Waals surface area contributed by atoms with Gasteiger partial charge in [0.1, 0.15) is 11.9 Å². The van der Waals surface area contributed by atoms with Gasteiger partial charge in [-0.2, -0.15) is 0 Å². The highest BCUT2D eigenvalue weighted by Gasteiger charge is 2.25. The minimum absolute atomic E-state index is 0.212. The van der Waals surface area contributed by atoms with Crippen LogP contribution in [0, 0.1) is 0 Å². The maximum atomic E-state index is 12.1. The van der Waals surface area contributed by atoms with E-state index in [9.17, 15) is 9.59 Å². The highest BCUT2D eigenvalue weighted by atomic mass is 16.6. The molecule has 2 aromatic rings. The number of aldehydes is 1. The van der Waals surface area contributed by atoms with E-state index < -0.39 is 5.60 Å². The van der Waals surface area contributed by atoms with Crippen LogP contribution in [0.25, 0.3) is 10.9 Å². The predicted octanol–water partition coefficient (Wildman–Crippen LogP) is 3.40. The van der Waals surface area contributed by atoms with E-state index in [1.807, 2.05) is 39.0 Å². The second-order valence-electron chi connectivity index (χ2n) is 8.11. The van der Waals surface area contributed by atoms with Gasteiger partial charge in [0, 0.05) is 55.4 Å². The number of amides is 1. The number of aromatic nitrogens is 1. The molecule has 1 aliphatic heterocycles. The zero-order valence-corrected chi connectivity index (χ0v) is 16.5. The molecule has 1 saturated heterocycles. The number of hydrogen-bond acceptors (Lipinski definition) is 4. The molecule has 6 nitrogen and oxygen atoms in total. The molecule has 27 heavy (non-hydrogen) atoms. The van der Waals surface area contributed by atoms with Gasteiger partial charge in [0.05, 0.1) is 0 Å². The summed E-state index contributed by atoms with van der Waals surface area (Å²) in [6, 6.07) is 7.86. The highest BCUT2D eigenvalue weighted by Crippen LogP contribution is 2.18. The summed E-state index contributed by atoms with van der Waals surface area (Å²) >= 11 is 0. The van der Waals surface area contributed by atoms with E-state index in [0.29, 0.717) is 5.56 Å². The zero-order valence-electron chi connectivity index (χ0n) is 16.5. The van der Waals surface area contributed by atoms with E-state index in [4.69, 9.17) is 4.74 Å². The molecule has 3 rings (SSSR count). The number of piperazine rings is 1. The first-order chi connectivity index (χ1) is 12.9. The van der Waals surface area contributed by atoms with Crippen molar-refractivity contribution in [2.24, 2.45) is 0 Å². The minimum atomic E-state index is -0.444. The first kappa shape index (κ1) is 19.4. The maximum Gasteiger partial charge on any atom is 0.410 e. The lowest BCUT2D eigenvalue weighted by atomic mass is 10.2. The summed E-state index contributed by atoms with van der Waals surface area (Å²) in [5.41, 5.74) is 1.43. The molecule has 0 N–H and O–H groups in total. The third kappa shape index (κ3) is 5.10. The largest absolute Gasteiger partial charge is 0.444 e. The van der Waals surface area contributed by atoms with Crippen molar-refractivity contribution in [3.05, 3.63) is 36.0 Å². The van der Waals surface area contributed by atoms with Crippen LogP contribution in [0.2, 0.25) is 0 Å². The van der Waals surface area contributed by atoms with E-state index in [1.54, 1.807) is 4.90 Å². The van der Waals surface area contributed by atoms with Gasteiger partial charge in [-0.3, -0.25) is 9.69 Å². The van der Waals surface area contributed by atoms with Gasteiger partial charge in [-0.25, -0.2) is 4.79 Å². The Balaban J connectivity index is 1.44. The van der Waals surface area contributed by atoms with Crippen molar-refractivity contribution in [1.29, 1.82) is 0 Å². The van der Waals surface area contributed by atoms with Gasteiger partial charge in [-0.1, -0.05) is 0 Å². The third-order valence-corrected chi connectivity index (χ3v) is 4.83. The molecular weight excluding hydrogens is 342 g/mol. The van der Waals surface area contributed by atoms with E-state index >= 15 is 0 Å². The summed E-state index contributed by atoms with van der Waals surface area (Å²) in [6.45, 7) is 10.8. The molecule has 0 atom stereocenters. The summed E-state index contributed by atoms with van der Waals surface area (Å²) in [6.07, 6.45) is 3.80. The number of rotatable bonds is 5.